The molecule has 0 bridgehead atoms. The molecule has 2 aromatic carbocycles. The third kappa shape index (κ3) is 3.28. The van der Waals surface area contributed by atoms with E-state index in [4.69, 9.17) is 18.3 Å². The summed E-state index contributed by atoms with van der Waals surface area (Å²) in [4.78, 5) is 14.8. The highest BCUT2D eigenvalue weighted by atomic mass is 16.5. The van der Waals surface area contributed by atoms with Crippen LogP contribution in [0.2, 0.25) is 0 Å². The second kappa shape index (κ2) is 7.14. The van der Waals surface area contributed by atoms with Gasteiger partial charge < -0.3 is 18.3 Å². The molecular weight excluding hydrogens is 370 g/mol. The Kier molecular flexibility index (Phi) is 4.33. The van der Waals surface area contributed by atoms with Crippen molar-refractivity contribution in [3.63, 3.8) is 0 Å². The summed E-state index contributed by atoms with van der Waals surface area (Å²) in [7, 11) is 1.61. The van der Waals surface area contributed by atoms with Gasteiger partial charge in [-0.2, -0.15) is 0 Å². The summed E-state index contributed by atoms with van der Waals surface area (Å²) in [5.74, 6) is 2.34. The van der Waals surface area contributed by atoms with Crippen LogP contribution in [-0.4, -0.2) is 18.7 Å². The summed E-state index contributed by atoms with van der Waals surface area (Å²) in [5.41, 5.74) is 2.37. The number of nitrogens with zero attached hydrogens (tertiary/aromatic N) is 1. The Morgan fingerprint density at radius 1 is 1.10 bits per heavy atom. The molecule has 0 radical (unpaired) electrons. The van der Waals surface area contributed by atoms with Crippen molar-refractivity contribution in [1.82, 2.24) is 4.90 Å². The van der Waals surface area contributed by atoms with Crippen LogP contribution >= 0.6 is 0 Å². The summed E-state index contributed by atoms with van der Waals surface area (Å²) in [6, 6.07) is 16.9. The summed E-state index contributed by atoms with van der Waals surface area (Å²) < 4.78 is 22.3. The number of hydrogen-bond donors (Lipinski definition) is 0. The summed E-state index contributed by atoms with van der Waals surface area (Å²) >= 11 is 0. The standard InChI is InChI=1S/C23H19NO5/c1-26-17-7-4-15(5-8-17)19-11-16-6-9-21-20(22(16)29-23(19)25)13-24(14-28-21)12-18-3-2-10-27-18/h2-11H,12-14H2,1H3. The molecule has 5 rings (SSSR count). The molecule has 6 heteroatoms. The van der Waals surface area contributed by atoms with E-state index in [2.05, 4.69) is 4.90 Å². The topological polar surface area (TPSA) is 65.0 Å². The monoisotopic (exact) mass is 389 g/mol. The van der Waals surface area contributed by atoms with Gasteiger partial charge in [-0.05, 0) is 48.0 Å². The number of methoxy groups -OCH3 is 1. The van der Waals surface area contributed by atoms with Crippen LogP contribution in [0.1, 0.15) is 11.3 Å². The molecule has 3 heterocycles. The Morgan fingerprint density at radius 3 is 2.72 bits per heavy atom. The maximum Gasteiger partial charge on any atom is 0.344 e. The minimum Gasteiger partial charge on any atom is -0.497 e. The fraction of sp³-hybridized carbons (Fsp3) is 0.174. The highest BCUT2D eigenvalue weighted by Gasteiger charge is 2.23. The molecule has 0 saturated heterocycles. The molecule has 0 amide bonds. The minimum atomic E-state index is -0.376. The lowest BCUT2D eigenvalue weighted by molar-refractivity contribution is 0.0826. The maximum absolute atomic E-state index is 12.7. The third-order valence-corrected chi connectivity index (χ3v) is 5.11. The highest BCUT2D eigenvalue weighted by Crippen LogP contribution is 2.33. The van der Waals surface area contributed by atoms with Crippen LogP contribution in [0.4, 0.5) is 0 Å². The zero-order chi connectivity index (χ0) is 19.8. The number of rotatable bonds is 4. The second-order valence-electron chi connectivity index (χ2n) is 6.98. The number of ether oxygens (including phenoxy) is 2. The van der Waals surface area contributed by atoms with E-state index in [0.29, 0.717) is 31.0 Å². The number of fused-ring (bicyclic) bond motifs is 3. The second-order valence-corrected chi connectivity index (χ2v) is 6.98. The highest BCUT2D eigenvalue weighted by molar-refractivity contribution is 5.86. The van der Waals surface area contributed by atoms with E-state index in [1.165, 1.54) is 0 Å². The molecule has 6 nitrogen and oxygen atoms in total. The van der Waals surface area contributed by atoms with Crippen molar-refractivity contribution in [2.75, 3.05) is 13.8 Å². The van der Waals surface area contributed by atoms with Gasteiger partial charge in [0.05, 0.1) is 31.0 Å². The summed E-state index contributed by atoms with van der Waals surface area (Å²) in [6.07, 6.45) is 1.66. The van der Waals surface area contributed by atoms with Crippen LogP contribution in [0.3, 0.4) is 0 Å². The van der Waals surface area contributed by atoms with E-state index in [9.17, 15) is 4.79 Å². The van der Waals surface area contributed by atoms with Gasteiger partial charge >= 0.3 is 5.63 Å². The molecule has 4 aromatic rings. The first kappa shape index (κ1) is 17.6. The number of furan rings is 1. The smallest absolute Gasteiger partial charge is 0.344 e. The third-order valence-electron chi connectivity index (χ3n) is 5.11. The molecule has 1 aliphatic rings. The molecule has 0 N–H and O–H groups in total. The maximum atomic E-state index is 12.7. The van der Waals surface area contributed by atoms with Gasteiger partial charge in [-0.3, -0.25) is 4.90 Å². The van der Waals surface area contributed by atoms with E-state index in [-0.39, 0.29) is 5.63 Å². The van der Waals surface area contributed by atoms with Crippen molar-refractivity contribution in [3.05, 3.63) is 82.6 Å². The first-order valence-corrected chi connectivity index (χ1v) is 9.33. The molecule has 0 aliphatic carbocycles. The van der Waals surface area contributed by atoms with E-state index in [1.54, 1.807) is 13.4 Å². The molecule has 0 atom stereocenters. The van der Waals surface area contributed by atoms with Crippen molar-refractivity contribution in [1.29, 1.82) is 0 Å². The first-order chi connectivity index (χ1) is 14.2. The lowest BCUT2D eigenvalue weighted by Gasteiger charge is -2.28. The zero-order valence-electron chi connectivity index (χ0n) is 15.9. The van der Waals surface area contributed by atoms with Crippen LogP contribution in [0, 0.1) is 0 Å². The Labute approximate surface area is 166 Å². The summed E-state index contributed by atoms with van der Waals surface area (Å²) in [6.45, 7) is 1.68. The van der Waals surface area contributed by atoms with Crippen LogP contribution < -0.4 is 15.1 Å². The van der Waals surface area contributed by atoms with Crippen molar-refractivity contribution < 1.29 is 18.3 Å². The molecule has 146 valence electrons. The normalized spacial score (nSPS) is 13.8. The molecular formula is C23H19NO5. The van der Waals surface area contributed by atoms with Gasteiger partial charge in [0, 0.05) is 11.9 Å². The summed E-state index contributed by atoms with van der Waals surface area (Å²) in [5, 5.41) is 0.859. The quantitative estimate of drug-likeness (QED) is 0.482. The number of hydrogen-bond acceptors (Lipinski definition) is 6. The van der Waals surface area contributed by atoms with Crippen molar-refractivity contribution >= 4 is 11.0 Å². The molecule has 0 saturated carbocycles. The molecule has 0 spiro atoms. The van der Waals surface area contributed by atoms with E-state index < -0.39 is 0 Å². The van der Waals surface area contributed by atoms with Gasteiger partial charge in [-0.15, -0.1) is 0 Å². The Bertz CT molecular complexity index is 1210. The predicted molar refractivity (Wildman–Crippen MR) is 108 cm³/mol. The predicted octanol–water partition coefficient (Wildman–Crippen LogP) is 4.41. The molecule has 0 fully saturated rings. The van der Waals surface area contributed by atoms with E-state index >= 15 is 0 Å². The Morgan fingerprint density at radius 2 is 1.97 bits per heavy atom. The molecule has 29 heavy (non-hydrogen) atoms. The minimum absolute atomic E-state index is 0.376. The Balaban J connectivity index is 1.53. The SMILES string of the molecule is COc1ccc(-c2cc3ccc4c(c3oc2=O)CN(Cc2ccco2)CO4)cc1. The van der Waals surface area contributed by atoms with Crippen molar-refractivity contribution in [2.24, 2.45) is 0 Å². The lowest BCUT2D eigenvalue weighted by Crippen LogP contribution is -2.31. The fourth-order valence-electron chi connectivity index (χ4n) is 3.64. The largest absolute Gasteiger partial charge is 0.497 e. The van der Waals surface area contributed by atoms with Crippen LogP contribution in [0.15, 0.2) is 74.5 Å². The lowest BCUT2D eigenvalue weighted by atomic mass is 10.0. The van der Waals surface area contributed by atoms with Gasteiger partial charge in [-0.25, -0.2) is 4.79 Å². The van der Waals surface area contributed by atoms with Gasteiger partial charge in [0.15, 0.2) is 0 Å². The first-order valence-electron chi connectivity index (χ1n) is 9.33. The molecule has 2 aromatic heterocycles. The average molecular weight is 389 g/mol. The average Bonchev–Trinajstić information content (AvgIpc) is 3.26. The van der Waals surface area contributed by atoms with Gasteiger partial charge in [-0.1, -0.05) is 12.1 Å². The van der Waals surface area contributed by atoms with Gasteiger partial charge in [0.1, 0.15) is 29.6 Å². The van der Waals surface area contributed by atoms with Crippen LogP contribution in [0.5, 0.6) is 11.5 Å². The van der Waals surface area contributed by atoms with Crippen LogP contribution in [-0.2, 0) is 13.1 Å². The van der Waals surface area contributed by atoms with Gasteiger partial charge in [0.25, 0.3) is 0 Å². The van der Waals surface area contributed by atoms with Crippen molar-refractivity contribution in [2.45, 2.75) is 13.1 Å². The fourth-order valence-corrected chi connectivity index (χ4v) is 3.64. The van der Waals surface area contributed by atoms with Crippen LogP contribution in [0.25, 0.3) is 22.1 Å². The zero-order valence-corrected chi connectivity index (χ0v) is 15.9. The Hall–Kier alpha value is -3.51. The van der Waals surface area contributed by atoms with E-state index in [0.717, 1.165) is 33.8 Å². The molecule has 1 aliphatic heterocycles. The number of benzene rings is 2. The molecule has 0 unspecified atom stereocenters. The van der Waals surface area contributed by atoms with E-state index in [1.807, 2.05) is 54.6 Å². The van der Waals surface area contributed by atoms with Gasteiger partial charge in [0.2, 0.25) is 0 Å². The van der Waals surface area contributed by atoms with Crippen molar-refractivity contribution in [3.8, 4) is 22.6 Å².